The quantitative estimate of drug-likeness (QED) is 0.698. The summed E-state index contributed by atoms with van der Waals surface area (Å²) in [6.07, 6.45) is 3.53. The Hall–Kier alpha value is -1.95. The van der Waals surface area contributed by atoms with Crippen molar-refractivity contribution >= 4 is 11.6 Å². The van der Waals surface area contributed by atoms with Gasteiger partial charge in [-0.25, -0.2) is 9.50 Å². The summed E-state index contributed by atoms with van der Waals surface area (Å²) in [6, 6.07) is 1.70. The Balaban J connectivity index is 2.69. The second-order valence-corrected chi connectivity index (χ2v) is 3.05. The molecule has 0 aromatic carbocycles. The van der Waals surface area contributed by atoms with Crippen molar-refractivity contribution < 1.29 is 9.90 Å². The Bertz CT molecular complexity index is 506. The number of hydrogen-bond acceptors (Lipinski definition) is 4. The van der Waals surface area contributed by atoms with Gasteiger partial charge < -0.3 is 10.8 Å². The van der Waals surface area contributed by atoms with Gasteiger partial charge in [0.05, 0.1) is 5.69 Å². The van der Waals surface area contributed by atoms with Crippen molar-refractivity contribution in [2.75, 3.05) is 6.61 Å². The Morgan fingerprint density at radius 3 is 3.07 bits per heavy atom. The highest BCUT2D eigenvalue weighted by Crippen LogP contribution is 2.13. The molecule has 2 aromatic heterocycles. The van der Waals surface area contributed by atoms with Crippen molar-refractivity contribution in [3.05, 3.63) is 29.7 Å². The Kier molecular flexibility index (Phi) is 2.34. The van der Waals surface area contributed by atoms with Crippen LogP contribution in [-0.4, -0.2) is 32.2 Å². The Morgan fingerprint density at radius 2 is 2.40 bits per heavy atom. The molecule has 0 unspecified atom stereocenters. The SMILES string of the molecule is NC(=O)c1c(CCO)nn2cccnc12. The molecule has 0 bridgehead atoms. The molecule has 0 saturated carbocycles. The van der Waals surface area contributed by atoms with Crippen molar-refractivity contribution in [3.63, 3.8) is 0 Å². The van der Waals surface area contributed by atoms with Crippen LogP contribution in [0.25, 0.3) is 5.65 Å². The average Bonchev–Trinajstić information content (AvgIpc) is 2.56. The number of amides is 1. The molecule has 78 valence electrons. The first-order valence-corrected chi connectivity index (χ1v) is 4.47. The van der Waals surface area contributed by atoms with Gasteiger partial charge >= 0.3 is 0 Å². The first-order chi connectivity index (χ1) is 7.24. The van der Waals surface area contributed by atoms with E-state index in [-0.39, 0.29) is 12.2 Å². The maximum Gasteiger partial charge on any atom is 0.254 e. The lowest BCUT2D eigenvalue weighted by Gasteiger charge is -1.94. The van der Waals surface area contributed by atoms with Crippen LogP contribution >= 0.6 is 0 Å². The van der Waals surface area contributed by atoms with E-state index in [1.807, 2.05) is 0 Å². The number of nitrogens with two attached hydrogens (primary N) is 1. The third kappa shape index (κ3) is 1.55. The third-order valence-electron chi connectivity index (χ3n) is 2.06. The number of rotatable bonds is 3. The second-order valence-electron chi connectivity index (χ2n) is 3.05. The summed E-state index contributed by atoms with van der Waals surface area (Å²) in [7, 11) is 0. The lowest BCUT2D eigenvalue weighted by atomic mass is 10.2. The van der Waals surface area contributed by atoms with Crippen LogP contribution in [0.1, 0.15) is 16.1 Å². The van der Waals surface area contributed by atoms with Crippen LogP contribution in [0.4, 0.5) is 0 Å². The molecule has 3 N–H and O–H groups in total. The summed E-state index contributed by atoms with van der Waals surface area (Å²) in [6.45, 7) is -0.0792. The van der Waals surface area contributed by atoms with Crippen LogP contribution in [0.5, 0.6) is 0 Å². The van der Waals surface area contributed by atoms with Gasteiger partial charge in [0.1, 0.15) is 5.56 Å². The number of aliphatic hydroxyl groups is 1. The lowest BCUT2D eigenvalue weighted by Crippen LogP contribution is -2.13. The predicted octanol–water partition coefficient (Wildman–Crippen LogP) is -0.637. The van der Waals surface area contributed by atoms with Crippen molar-refractivity contribution in [2.45, 2.75) is 6.42 Å². The summed E-state index contributed by atoms with van der Waals surface area (Å²) in [5.74, 6) is -0.577. The first kappa shape index (κ1) is 9.60. The molecule has 6 heteroatoms. The monoisotopic (exact) mass is 206 g/mol. The van der Waals surface area contributed by atoms with Gasteiger partial charge in [0.15, 0.2) is 5.65 Å². The van der Waals surface area contributed by atoms with E-state index in [9.17, 15) is 4.79 Å². The fourth-order valence-corrected chi connectivity index (χ4v) is 1.47. The van der Waals surface area contributed by atoms with Crippen LogP contribution in [0.3, 0.4) is 0 Å². The van der Waals surface area contributed by atoms with E-state index in [2.05, 4.69) is 10.1 Å². The smallest absolute Gasteiger partial charge is 0.254 e. The second kappa shape index (κ2) is 3.66. The number of primary amides is 1. The number of nitrogens with zero attached hydrogens (tertiary/aromatic N) is 3. The normalized spacial score (nSPS) is 10.7. The summed E-state index contributed by atoms with van der Waals surface area (Å²) in [5.41, 5.74) is 6.42. The number of aromatic nitrogens is 3. The largest absolute Gasteiger partial charge is 0.396 e. The molecule has 2 aromatic rings. The van der Waals surface area contributed by atoms with E-state index in [1.54, 1.807) is 18.5 Å². The zero-order valence-electron chi connectivity index (χ0n) is 7.92. The summed E-state index contributed by atoms with van der Waals surface area (Å²) < 4.78 is 1.48. The molecule has 6 nitrogen and oxygen atoms in total. The number of carbonyl (C=O) groups is 1. The molecule has 0 spiro atoms. The maximum atomic E-state index is 11.2. The van der Waals surface area contributed by atoms with Crippen LogP contribution in [0, 0.1) is 0 Å². The van der Waals surface area contributed by atoms with E-state index in [1.165, 1.54) is 4.52 Å². The zero-order chi connectivity index (χ0) is 10.8. The molecular formula is C9H10N4O2. The average molecular weight is 206 g/mol. The highest BCUT2D eigenvalue weighted by atomic mass is 16.3. The minimum absolute atomic E-state index is 0.0792. The topological polar surface area (TPSA) is 93.5 Å². The molecule has 15 heavy (non-hydrogen) atoms. The minimum atomic E-state index is -0.577. The number of carbonyl (C=O) groups excluding carboxylic acids is 1. The summed E-state index contributed by atoms with van der Waals surface area (Å²) >= 11 is 0. The molecule has 2 rings (SSSR count). The van der Waals surface area contributed by atoms with Crippen molar-refractivity contribution in [3.8, 4) is 0 Å². The number of aliphatic hydroxyl groups excluding tert-OH is 1. The standard InChI is InChI=1S/C9H10N4O2/c10-8(15)7-6(2-5-14)12-13-4-1-3-11-9(7)13/h1,3-4,14H,2,5H2,(H2,10,15). The fraction of sp³-hybridized carbons (Fsp3) is 0.222. The van der Waals surface area contributed by atoms with Crippen molar-refractivity contribution in [1.82, 2.24) is 14.6 Å². The van der Waals surface area contributed by atoms with Gasteiger partial charge in [0.25, 0.3) is 5.91 Å². The molecular weight excluding hydrogens is 196 g/mol. The van der Waals surface area contributed by atoms with Crippen LogP contribution < -0.4 is 5.73 Å². The van der Waals surface area contributed by atoms with Gasteiger partial charge in [-0.05, 0) is 6.07 Å². The van der Waals surface area contributed by atoms with Gasteiger partial charge in [-0.3, -0.25) is 4.79 Å². The third-order valence-corrected chi connectivity index (χ3v) is 2.06. The van der Waals surface area contributed by atoms with Crippen LogP contribution in [0.2, 0.25) is 0 Å². The van der Waals surface area contributed by atoms with E-state index in [4.69, 9.17) is 10.8 Å². The van der Waals surface area contributed by atoms with Crippen molar-refractivity contribution in [1.29, 1.82) is 0 Å². The fourth-order valence-electron chi connectivity index (χ4n) is 1.47. The Morgan fingerprint density at radius 1 is 1.60 bits per heavy atom. The van der Waals surface area contributed by atoms with Crippen LogP contribution in [0.15, 0.2) is 18.5 Å². The lowest BCUT2D eigenvalue weighted by molar-refractivity contribution is 0.100. The zero-order valence-corrected chi connectivity index (χ0v) is 7.92. The molecule has 0 aliphatic heterocycles. The van der Waals surface area contributed by atoms with Gasteiger partial charge in [-0.15, -0.1) is 0 Å². The number of hydrogen-bond donors (Lipinski definition) is 2. The highest BCUT2D eigenvalue weighted by molar-refractivity contribution is 5.99. The minimum Gasteiger partial charge on any atom is -0.396 e. The summed E-state index contributed by atoms with van der Waals surface area (Å²) in [4.78, 5) is 15.2. The molecule has 0 radical (unpaired) electrons. The van der Waals surface area contributed by atoms with Gasteiger partial charge in [-0.1, -0.05) is 0 Å². The van der Waals surface area contributed by atoms with Gasteiger partial charge in [-0.2, -0.15) is 5.10 Å². The summed E-state index contributed by atoms with van der Waals surface area (Å²) in [5, 5.41) is 12.9. The Labute approximate surface area is 85.3 Å². The van der Waals surface area contributed by atoms with Gasteiger partial charge in [0.2, 0.25) is 0 Å². The molecule has 0 saturated heterocycles. The van der Waals surface area contributed by atoms with Gasteiger partial charge in [0, 0.05) is 25.4 Å². The molecule has 0 atom stereocenters. The van der Waals surface area contributed by atoms with Crippen LogP contribution in [-0.2, 0) is 6.42 Å². The molecule has 0 aliphatic rings. The predicted molar refractivity (Wildman–Crippen MR) is 52.3 cm³/mol. The van der Waals surface area contributed by atoms with E-state index >= 15 is 0 Å². The number of fused-ring (bicyclic) bond motifs is 1. The van der Waals surface area contributed by atoms with E-state index in [0.717, 1.165) is 0 Å². The highest BCUT2D eigenvalue weighted by Gasteiger charge is 2.17. The molecule has 0 fully saturated rings. The molecule has 2 heterocycles. The van der Waals surface area contributed by atoms with E-state index < -0.39 is 5.91 Å². The first-order valence-electron chi connectivity index (χ1n) is 4.47. The maximum absolute atomic E-state index is 11.2. The van der Waals surface area contributed by atoms with E-state index in [0.29, 0.717) is 17.8 Å². The molecule has 1 amide bonds. The van der Waals surface area contributed by atoms with Crippen molar-refractivity contribution in [2.24, 2.45) is 5.73 Å². The molecule has 0 aliphatic carbocycles.